The number of carbonyl (C=O) groups is 2. The molecule has 1 fully saturated rings. The minimum Gasteiger partial charge on any atom is -0.399 e. The molecule has 0 atom stereocenters. The number of carbonyl (C=O) groups excluding carboxylic acids is 2. The normalized spacial score (nSPS) is 16.2. The number of rotatable bonds is 1. The Balaban J connectivity index is 2.10. The molecule has 2 rings (SSSR count). The average Bonchev–Trinajstić information content (AvgIpc) is 2.33. The van der Waals surface area contributed by atoms with Gasteiger partial charge in [0.2, 0.25) is 5.91 Å². The predicted molar refractivity (Wildman–Crippen MR) is 64.4 cm³/mol. The van der Waals surface area contributed by atoms with Gasteiger partial charge in [-0.3, -0.25) is 9.59 Å². The quantitative estimate of drug-likeness (QED) is 0.704. The van der Waals surface area contributed by atoms with Crippen LogP contribution in [0, 0.1) is 0 Å². The van der Waals surface area contributed by atoms with Crippen molar-refractivity contribution < 1.29 is 9.59 Å². The van der Waals surface area contributed by atoms with E-state index in [-0.39, 0.29) is 18.4 Å². The monoisotopic (exact) mass is 233 g/mol. The summed E-state index contributed by atoms with van der Waals surface area (Å²) in [5.41, 5.74) is 6.75. The van der Waals surface area contributed by atoms with Crippen molar-refractivity contribution in [3.63, 3.8) is 0 Å². The number of hydrogen-bond acceptors (Lipinski definition) is 3. The molecule has 1 saturated heterocycles. The lowest BCUT2D eigenvalue weighted by molar-refractivity contribution is -0.133. The summed E-state index contributed by atoms with van der Waals surface area (Å²) >= 11 is 0. The van der Waals surface area contributed by atoms with Crippen LogP contribution in [-0.4, -0.2) is 48.3 Å². The predicted octanol–water partition coefficient (Wildman–Crippen LogP) is 0.183. The van der Waals surface area contributed by atoms with Crippen LogP contribution in [0.4, 0.5) is 5.69 Å². The smallest absolute Gasteiger partial charge is 0.254 e. The topological polar surface area (TPSA) is 66.6 Å². The zero-order valence-electron chi connectivity index (χ0n) is 9.72. The lowest BCUT2D eigenvalue weighted by atomic mass is 10.1. The fraction of sp³-hybridized carbons (Fsp3) is 0.333. The number of nitrogens with zero attached hydrogens (tertiary/aromatic N) is 2. The summed E-state index contributed by atoms with van der Waals surface area (Å²) in [6, 6.07) is 6.73. The summed E-state index contributed by atoms with van der Waals surface area (Å²) < 4.78 is 0. The van der Waals surface area contributed by atoms with Gasteiger partial charge in [-0.2, -0.15) is 0 Å². The molecule has 1 aromatic rings. The fourth-order valence-corrected chi connectivity index (χ4v) is 1.74. The van der Waals surface area contributed by atoms with E-state index >= 15 is 0 Å². The molecule has 0 aromatic heterocycles. The number of benzene rings is 1. The second-order valence-corrected chi connectivity index (χ2v) is 4.16. The Morgan fingerprint density at radius 1 is 1.24 bits per heavy atom. The van der Waals surface area contributed by atoms with E-state index in [1.807, 2.05) is 0 Å². The minimum atomic E-state index is -0.119. The van der Waals surface area contributed by atoms with Gasteiger partial charge in [0.05, 0.1) is 0 Å². The number of likely N-dealkylation sites (N-methyl/N-ethyl adjacent to an activating group) is 1. The standard InChI is InChI=1S/C12H15N3O2/c1-14-6-7-15(8-11(14)16)12(17)9-2-4-10(13)5-3-9/h2-5H,6-8,13H2,1H3. The summed E-state index contributed by atoms with van der Waals surface area (Å²) in [6.07, 6.45) is 0. The van der Waals surface area contributed by atoms with Gasteiger partial charge in [-0.1, -0.05) is 0 Å². The minimum absolute atomic E-state index is 0.0277. The van der Waals surface area contributed by atoms with E-state index in [2.05, 4.69) is 0 Å². The Hall–Kier alpha value is -2.04. The van der Waals surface area contributed by atoms with Gasteiger partial charge < -0.3 is 15.5 Å². The van der Waals surface area contributed by atoms with Crippen LogP contribution < -0.4 is 5.73 Å². The highest BCUT2D eigenvalue weighted by Crippen LogP contribution is 2.10. The lowest BCUT2D eigenvalue weighted by Gasteiger charge is -2.32. The van der Waals surface area contributed by atoms with E-state index < -0.39 is 0 Å². The Kier molecular flexibility index (Phi) is 2.99. The summed E-state index contributed by atoms with van der Waals surface area (Å²) in [5.74, 6) is -0.147. The maximum absolute atomic E-state index is 12.1. The highest BCUT2D eigenvalue weighted by Gasteiger charge is 2.25. The first-order valence-electron chi connectivity index (χ1n) is 5.46. The van der Waals surface area contributed by atoms with E-state index in [9.17, 15) is 9.59 Å². The van der Waals surface area contributed by atoms with Crippen LogP contribution in [0.5, 0.6) is 0 Å². The Labute approximate surface area is 99.8 Å². The first-order chi connectivity index (χ1) is 8.08. The Morgan fingerprint density at radius 3 is 2.47 bits per heavy atom. The molecule has 5 nitrogen and oxygen atoms in total. The van der Waals surface area contributed by atoms with Crippen LogP contribution in [0.1, 0.15) is 10.4 Å². The number of anilines is 1. The molecule has 1 heterocycles. The van der Waals surface area contributed by atoms with Crippen molar-refractivity contribution in [2.45, 2.75) is 0 Å². The maximum Gasteiger partial charge on any atom is 0.254 e. The van der Waals surface area contributed by atoms with E-state index in [0.29, 0.717) is 24.3 Å². The second-order valence-electron chi connectivity index (χ2n) is 4.16. The molecule has 0 aliphatic carbocycles. The summed E-state index contributed by atoms with van der Waals surface area (Å²) in [7, 11) is 1.74. The lowest BCUT2D eigenvalue weighted by Crippen LogP contribution is -2.50. The zero-order valence-corrected chi connectivity index (χ0v) is 9.72. The second kappa shape index (κ2) is 4.45. The van der Waals surface area contributed by atoms with Gasteiger partial charge in [-0.05, 0) is 24.3 Å². The molecule has 1 aliphatic heterocycles. The number of nitrogen functional groups attached to an aromatic ring is 1. The molecule has 0 radical (unpaired) electrons. The Morgan fingerprint density at radius 2 is 1.88 bits per heavy atom. The van der Waals surface area contributed by atoms with Gasteiger partial charge in [0.1, 0.15) is 6.54 Å². The van der Waals surface area contributed by atoms with Crippen molar-refractivity contribution in [3.05, 3.63) is 29.8 Å². The van der Waals surface area contributed by atoms with Gasteiger partial charge >= 0.3 is 0 Å². The average molecular weight is 233 g/mol. The van der Waals surface area contributed by atoms with E-state index in [0.717, 1.165) is 0 Å². The van der Waals surface area contributed by atoms with E-state index in [1.54, 1.807) is 41.1 Å². The third-order valence-corrected chi connectivity index (χ3v) is 2.90. The van der Waals surface area contributed by atoms with Crippen molar-refractivity contribution in [3.8, 4) is 0 Å². The van der Waals surface area contributed by atoms with Gasteiger partial charge in [0.15, 0.2) is 0 Å². The maximum atomic E-state index is 12.1. The zero-order chi connectivity index (χ0) is 12.4. The van der Waals surface area contributed by atoms with Crippen LogP contribution >= 0.6 is 0 Å². The highest BCUT2D eigenvalue weighted by atomic mass is 16.2. The van der Waals surface area contributed by atoms with Crippen molar-refractivity contribution in [1.82, 2.24) is 9.80 Å². The van der Waals surface area contributed by atoms with Crippen LogP contribution in [0.25, 0.3) is 0 Å². The SMILES string of the molecule is CN1CCN(C(=O)c2ccc(N)cc2)CC1=O. The number of hydrogen-bond donors (Lipinski definition) is 1. The third kappa shape index (κ3) is 2.38. The first kappa shape index (κ1) is 11.4. The molecule has 2 amide bonds. The van der Waals surface area contributed by atoms with Crippen molar-refractivity contribution >= 4 is 17.5 Å². The molecule has 0 bridgehead atoms. The third-order valence-electron chi connectivity index (χ3n) is 2.90. The molecule has 90 valence electrons. The molecule has 1 aromatic carbocycles. The van der Waals surface area contributed by atoms with Gasteiger partial charge in [0, 0.05) is 31.4 Å². The molecule has 0 unspecified atom stereocenters. The first-order valence-corrected chi connectivity index (χ1v) is 5.46. The van der Waals surface area contributed by atoms with E-state index in [4.69, 9.17) is 5.73 Å². The Bertz CT molecular complexity index is 442. The number of piperazine rings is 1. The molecule has 5 heteroatoms. The number of nitrogens with two attached hydrogens (primary N) is 1. The molecule has 0 saturated carbocycles. The summed E-state index contributed by atoms with van der Waals surface area (Å²) in [4.78, 5) is 26.8. The van der Waals surface area contributed by atoms with Crippen molar-refractivity contribution in [1.29, 1.82) is 0 Å². The van der Waals surface area contributed by atoms with Crippen LogP contribution in [0.15, 0.2) is 24.3 Å². The molecular formula is C12H15N3O2. The molecular weight excluding hydrogens is 218 g/mol. The van der Waals surface area contributed by atoms with Crippen molar-refractivity contribution in [2.24, 2.45) is 0 Å². The van der Waals surface area contributed by atoms with Gasteiger partial charge in [-0.25, -0.2) is 0 Å². The van der Waals surface area contributed by atoms with Gasteiger partial charge in [0.25, 0.3) is 5.91 Å². The van der Waals surface area contributed by atoms with Crippen LogP contribution in [0.3, 0.4) is 0 Å². The van der Waals surface area contributed by atoms with Crippen LogP contribution in [-0.2, 0) is 4.79 Å². The highest BCUT2D eigenvalue weighted by molar-refractivity contribution is 5.97. The molecule has 17 heavy (non-hydrogen) atoms. The largest absolute Gasteiger partial charge is 0.399 e. The summed E-state index contributed by atoms with van der Waals surface area (Å²) in [5, 5.41) is 0. The van der Waals surface area contributed by atoms with Gasteiger partial charge in [-0.15, -0.1) is 0 Å². The van der Waals surface area contributed by atoms with Crippen LogP contribution in [0.2, 0.25) is 0 Å². The van der Waals surface area contributed by atoms with E-state index in [1.165, 1.54) is 0 Å². The number of amides is 2. The van der Waals surface area contributed by atoms with Crippen molar-refractivity contribution in [2.75, 3.05) is 32.4 Å². The summed E-state index contributed by atoms with van der Waals surface area (Å²) in [6.45, 7) is 1.31. The fourth-order valence-electron chi connectivity index (χ4n) is 1.74. The molecule has 0 spiro atoms. The molecule has 1 aliphatic rings. The molecule has 2 N–H and O–H groups in total.